The number of ether oxygens (including phenoxy) is 1. The van der Waals surface area contributed by atoms with Crippen LogP contribution in [0.15, 0.2) is 12.2 Å². The molecule has 0 spiro atoms. The van der Waals surface area contributed by atoms with E-state index in [0.717, 1.165) is 32.1 Å². The molecule has 0 saturated carbocycles. The Morgan fingerprint density at radius 2 is 1.83 bits per heavy atom. The van der Waals surface area contributed by atoms with Gasteiger partial charge in [0.15, 0.2) is 0 Å². The van der Waals surface area contributed by atoms with Crippen LogP contribution in [-0.4, -0.2) is 37.1 Å². The molecule has 0 fully saturated rings. The number of likely N-dealkylation sites (N-methyl/N-ethyl adjacent to an activating group) is 1. The number of rotatable bonds is 9. The lowest BCUT2D eigenvalue weighted by Gasteiger charge is -2.39. The fourth-order valence-electron chi connectivity index (χ4n) is 2.14. The Labute approximate surface area is 112 Å². The molecule has 1 unspecified atom stereocenters. The third-order valence-electron chi connectivity index (χ3n) is 3.48. The fraction of sp³-hybridized carbons (Fsp3) is 0.800. The van der Waals surface area contributed by atoms with Crippen molar-refractivity contribution in [1.29, 1.82) is 0 Å². The molecule has 0 saturated heterocycles. The van der Waals surface area contributed by atoms with Gasteiger partial charge in [-0.25, -0.2) is 4.79 Å². The van der Waals surface area contributed by atoms with Crippen molar-refractivity contribution < 1.29 is 9.53 Å². The molecular weight excluding hydrogens is 226 g/mol. The van der Waals surface area contributed by atoms with Gasteiger partial charge in [-0.3, -0.25) is 0 Å². The van der Waals surface area contributed by atoms with Crippen LogP contribution in [0.3, 0.4) is 0 Å². The second kappa shape index (κ2) is 8.30. The van der Waals surface area contributed by atoms with Crippen LogP contribution in [-0.2, 0) is 9.53 Å². The van der Waals surface area contributed by atoms with Crippen LogP contribution in [0, 0.1) is 0 Å². The van der Waals surface area contributed by atoms with E-state index in [9.17, 15) is 4.79 Å². The van der Waals surface area contributed by atoms with Crippen LogP contribution in [0.1, 0.15) is 52.9 Å². The topological polar surface area (TPSA) is 29.5 Å². The Bertz CT molecular complexity index is 274. The molecule has 0 aromatic heterocycles. The van der Waals surface area contributed by atoms with E-state index in [1.807, 2.05) is 0 Å². The van der Waals surface area contributed by atoms with E-state index in [0.29, 0.717) is 12.2 Å². The van der Waals surface area contributed by atoms with Crippen LogP contribution >= 0.6 is 0 Å². The summed E-state index contributed by atoms with van der Waals surface area (Å²) in [6.07, 6.45) is 5.51. The lowest BCUT2D eigenvalue weighted by atomic mass is 9.87. The third-order valence-corrected chi connectivity index (χ3v) is 3.48. The van der Waals surface area contributed by atoms with E-state index in [4.69, 9.17) is 4.74 Å². The molecule has 0 radical (unpaired) electrons. The number of nitrogens with zero attached hydrogens (tertiary/aromatic N) is 1. The summed E-state index contributed by atoms with van der Waals surface area (Å²) in [5.74, 6) is -0.283. The van der Waals surface area contributed by atoms with E-state index in [-0.39, 0.29) is 11.5 Å². The number of hydrogen-bond acceptors (Lipinski definition) is 3. The molecule has 0 aliphatic rings. The van der Waals surface area contributed by atoms with E-state index >= 15 is 0 Å². The first-order valence-corrected chi connectivity index (χ1v) is 6.89. The highest BCUT2D eigenvalue weighted by Gasteiger charge is 2.32. The predicted octanol–water partition coefficient (Wildman–Crippen LogP) is 3.40. The van der Waals surface area contributed by atoms with Gasteiger partial charge < -0.3 is 9.64 Å². The van der Waals surface area contributed by atoms with Gasteiger partial charge in [0.25, 0.3) is 0 Å². The Balaban J connectivity index is 4.71. The minimum Gasteiger partial charge on any atom is -0.460 e. The van der Waals surface area contributed by atoms with Crippen LogP contribution < -0.4 is 0 Å². The van der Waals surface area contributed by atoms with Crippen molar-refractivity contribution in [3.8, 4) is 0 Å². The first-order chi connectivity index (χ1) is 8.39. The summed E-state index contributed by atoms with van der Waals surface area (Å²) in [6.45, 7) is 10.1. The van der Waals surface area contributed by atoms with Crippen molar-refractivity contribution >= 4 is 5.97 Å². The zero-order chi connectivity index (χ0) is 14.2. The first kappa shape index (κ1) is 17.2. The maximum atomic E-state index is 11.5. The predicted molar refractivity (Wildman–Crippen MR) is 76.6 cm³/mol. The molecule has 18 heavy (non-hydrogen) atoms. The van der Waals surface area contributed by atoms with Crippen LogP contribution in [0.5, 0.6) is 0 Å². The Hall–Kier alpha value is -0.830. The molecule has 0 bridgehead atoms. The molecule has 0 amide bonds. The number of carbonyl (C=O) groups excluding carboxylic acids is 1. The average molecular weight is 255 g/mol. The molecule has 0 aliphatic carbocycles. The number of carbonyl (C=O) groups is 1. The summed E-state index contributed by atoms with van der Waals surface area (Å²) >= 11 is 0. The summed E-state index contributed by atoms with van der Waals surface area (Å²) in [4.78, 5) is 13.8. The quantitative estimate of drug-likeness (QED) is 0.467. The summed E-state index contributed by atoms with van der Waals surface area (Å²) in [5, 5.41) is 0. The first-order valence-electron chi connectivity index (χ1n) is 6.89. The lowest BCUT2D eigenvalue weighted by molar-refractivity contribution is -0.143. The van der Waals surface area contributed by atoms with E-state index in [2.05, 4.69) is 39.4 Å². The van der Waals surface area contributed by atoms with Crippen molar-refractivity contribution in [1.82, 2.24) is 4.90 Å². The molecule has 106 valence electrons. The highest BCUT2D eigenvalue weighted by atomic mass is 16.5. The molecule has 0 aromatic carbocycles. The van der Waals surface area contributed by atoms with E-state index in [1.165, 1.54) is 0 Å². The van der Waals surface area contributed by atoms with E-state index < -0.39 is 0 Å². The van der Waals surface area contributed by atoms with Gasteiger partial charge in [0.05, 0.1) is 5.54 Å². The Morgan fingerprint density at radius 1 is 1.22 bits per heavy atom. The lowest BCUT2D eigenvalue weighted by Crippen LogP contribution is -2.48. The molecule has 1 atom stereocenters. The molecule has 0 heterocycles. The SMILES string of the molecule is C=C(C)C(=O)OCC(CCC)(CCCC)N(C)C. The third kappa shape index (κ3) is 5.21. The van der Waals surface area contributed by atoms with Crippen LogP contribution in [0.2, 0.25) is 0 Å². The van der Waals surface area contributed by atoms with Gasteiger partial charge in [0, 0.05) is 5.57 Å². The molecule has 0 rings (SSSR count). The van der Waals surface area contributed by atoms with Crippen molar-refractivity contribution in [3.63, 3.8) is 0 Å². The van der Waals surface area contributed by atoms with Gasteiger partial charge in [-0.2, -0.15) is 0 Å². The normalized spacial score (nSPS) is 14.3. The van der Waals surface area contributed by atoms with Crippen molar-refractivity contribution in [2.45, 2.75) is 58.4 Å². The number of esters is 1. The zero-order valence-corrected chi connectivity index (χ0v) is 12.7. The van der Waals surface area contributed by atoms with Crippen molar-refractivity contribution in [3.05, 3.63) is 12.2 Å². The van der Waals surface area contributed by atoms with Crippen molar-refractivity contribution in [2.75, 3.05) is 20.7 Å². The average Bonchev–Trinajstić information content (AvgIpc) is 2.31. The standard InChI is InChI=1S/C15H29NO2/c1-7-9-11-15(10-8-2,16(5)6)12-18-14(17)13(3)4/h3,7-12H2,1-2,4-6H3. The number of unbranched alkanes of at least 4 members (excludes halogenated alkanes) is 1. The van der Waals surface area contributed by atoms with Gasteiger partial charge in [0.1, 0.15) is 6.61 Å². The van der Waals surface area contributed by atoms with E-state index in [1.54, 1.807) is 6.92 Å². The molecule has 3 heteroatoms. The molecule has 3 nitrogen and oxygen atoms in total. The largest absolute Gasteiger partial charge is 0.460 e. The van der Waals surface area contributed by atoms with Gasteiger partial charge in [0.2, 0.25) is 0 Å². The van der Waals surface area contributed by atoms with Crippen LogP contribution in [0.4, 0.5) is 0 Å². The molecule has 0 aliphatic heterocycles. The summed E-state index contributed by atoms with van der Waals surface area (Å²) in [7, 11) is 4.14. The highest BCUT2D eigenvalue weighted by molar-refractivity contribution is 5.86. The highest BCUT2D eigenvalue weighted by Crippen LogP contribution is 2.26. The van der Waals surface area contributed by atoms with Crippen molar-refractivity contribution in [2.24, 2.45) is 0 Å². The smallest absolute Gasteiger partial charge is 0.333 e. The van der Waals surface area contributed by atoms with Gasteiger partial charge >= 0.3 is 5.97 Å². The zero-order valence-electron chi connectivity index (χ0n) is 12.7. The monoisotopic (exact) mass is 255 g/mol. The molecule has 0 N–H and O–H groups in total. The van der Waals surface area contributed by atoms with Gasteiger partial charge in [-0.05, 0) is 33.9 Å². The fourth-order valence-corrected chi connectivity index (χ4v) is 2.14. The van der Waals surface area contributed by atoms with Gasteiger partial charge in [-0.15, -0.1) is 0 Å². The molecule has 0 aromatic rings. The molecular formula is C15H29NO2. The second-order valence-corrected chi connectivity index (χ2v) is 5.33. The number of hydrogen-bond donors (Lipinski definition) is 0. The van der Waals surface area contributed by atoms with Gasteiger partial charge in [-0.1, -0.05) is 39.7 Å². The Kier molecular flexibility index (Phi) is 7.92. The van der Waals surface area contributed by atoms with Crippen LogP contribution in [0.25, 0.3) is 0 Å². The summed E-state index contributed by atoms with van der Waals surface area (Å²) in [5.41, 5.74) is 0.435. The summed E-state index contributed by atoms with van der Waals surface area (Å²) < 4.78 is 5.40. The maximum Gasteiger partial charge on any atom is 0.333 e. The Morgan fingerprint density at radius 3 is 2.22 bits per heavy atom. The second-order valence-electron chi connectivity index (χ2n) is 5.33. The minimum absolute atomic E-state index is 0.0319. The minimum atomic E-state index is -0.283. The maximum absolute atomic E-state index is 11.5. The summed E-state index contributed by atoms with van der Waals surface area (Å²) in [6, 6.07) is 0.